The number of nitrogens with two attached hydrogens (primary N) is 3. The second-order valence-electron chi connectivity index (χ2n) is 4.25. The van der Waals surface area contributed by atoms with E-state index < -0.39 is 11.0 Å². The average Bonchev–Trinajstić information content (AvgIpc) is 2.35. The Kier molecular flexibility index (Phi) is 4.97. The minimum absolute atomic E-state index is 0.155. The highest BCUT2D eigenvalue weighted by Crippen LogP contribution is 2.17. The molecule has 0 saturated heterocycles. The third kappa shape index (κ3) is 4.80. The number of allylic oxidation sites excluding steroid dienone is 2. The highest BCUT2D eigenvalue weighted by atomic mass is 16.1. The summed E-state index contributed by atoms with van der Waals surface area (Å²) in [6, 6.07) is 6.67. The molecule has 20 heavy (non-hydrogen) atoms. The predicted octanol–water partition coefficient (Wildman–Crippen LogP) is -0.737. The number of amides is 1. The zero-order valence-corrected chi connectivity index (χ0v) is 10.8. The van der Waals surface area contributed by atoms with E-state index in [9.17, 15) is 4.79 Å². The third-order valence-electron chi connectivity index (χ3n) is 2.32. The Morgan fingerprint density at radius 2 is 1.60 bits per heavy atom. The fourth-order valence-electron chi connectivity index (χ4n) is 1.27. The lowest BCUT2D eigenvalue weighted by Crippen LogP contribution is -2.31. The van der Waals surface area contributed by atoms with Gasteiger partial charge in [0.05, 0.1) is 29.4 Å². The molecule has 0 bridgehead atoms. The van der Waals surface area contributed by atoms with Crippen LogP contribution in [0.3, 0.4) is 0 Å². The van der Waals surface area contributed by atoms with Gasteiger partial charge in [-0.15, -0.1) is 0 Å². The van der Waals surface area contributed by atoms with E-state index in [2.05, 4.69) is 5.32 Å². The molecule has 5 nitrogen and oxygen atoms in total. The molecule has 0 atom stereocenters. The van der Waals surface area contributed by atoms with Crippen molar-refractivity contribution in [3.05, 3.63) is 47.8 Å². The molecule has 8 heteroatoms. The van der Waals surface area contributed by atoms with Gasteiger partial charge in [-0.2, -0.15) is 0 Å². The van der Waals surface area contributed by atoms with Gasteiger partial charge < -0.3 is 22.5 Å². The second kappa shape index (κ2) is 6.28. The molecule has 1 amide bonds. The molecule has 6 radical (unpaired) electrons. The molecule has 0 unspecified atom stereocenters. The second-order valence-corrected chi connectivity index (χ2v) is 4.25. The standard InChI is InChI=1S/C12H13B3N4O/c13-12(14,15)11(20)19-8-3-1-7(2-4-8)9(16)5-6-10(17)18/h1-6H,16-18H2,(H,19,20)/b9-5-. The van der Waals surface area contributed by atoms with Crippen LogP contribution < -0.4 is 22.5 Å². The van der Waals surface area contributed by atoms with Crippen molar-refractivity contribution in [1.82, 2.24) is 0 Å². The molecular weight excluding hydrogens is 249 g/mol. The number of carbonyl (C=O) groups excluding carboxylic acids is 1. The van der Waals surface area contributed by atoms with Crippen LogP contribution in [0.2, 0.25) is 5.11 Å². The van der Waals surface area contributed by atoms with Gasteiger partial charge >= 0.3 is 0 Å². The summed E-state index contributed by atoms with van der Waals surface area (Å²) in [5, 5.41) is 0.543. The molecule has 0 fully saturated rings. The monoisotopic (exact) mass is 262 g/mol. The molecule has 0 aliphatic rings. The van der Waals surface area contributed by atoms with Crippen LogP contribution in [0.5, 0.6) is 0 Å². The van der Waals surface area contributed by atoms with Gasteiger partial charge in [0.15, 0.2) is 0 Å². The van der Waals surface area contributed by atoms with E-state index in [0.29, 0.717) is 11.4 Å². The van der Waals surface area contributed by atoms with Crippen molar-refractivity contribution >= 4 is 40.8 Å². The van der Waals surface area contributed by atoms with Crippen LogP contribution in [0.1, 0.15) is 5.56 Å². The lowest BCUT2D eigenvalue weighted by molar-refractivity contribution is -0.115. The van der Waals surface area contributed by atoms with Crippen molar-refractivity contribution in [2.75, 3.05) is 5.32 Å². The van der Waals surface area contributed by atoms with Gasteiger partial charge in [0.25, 0.3) is 0 Å². The van der Waals surface area contributed by atoms with E-state index in [-0.39, 0.29) is 5.82 Å². The first-order valence-electron chi connectivity index (χ1n) is 5.67. The van der Waals surface area contributed by atoms with Crippen LogP contribution in [0.4, 0.5) is 5.69 Å². The summed E-state index contributed by atoms with van der Waals surface area (Å²) in [7, 11) is 15.8. The van der Waals surface area contributed by atoms with Crippen LogP contribution in [-0.2, 0) is 4.79 Å². The fourth-order valence-corrected chi connectivity index (χ4v) is 1.27. The van der Waals surface area contributed by atoms with Crippen molar-refractivity contribution in [3.63, 3.8) is 0 Å². The number of nitrogens with one attached hydrogen (secondary N) is 1. The van der Waals surface area contributed by atoms with Gasteiger partial charge in [-0.3, -0.25) is 4.79 Å². The minimum Gasteiger partial charge on any atom is -0.398 e. The van der Waals surface area contributed by atoms with Gasteiger partial charge in [0.1, 0.15) is 0 Å². The van der Waals surface area contributed by atoms with Crippen LogP contribution in [-0.4, -0.2) is 29.4 Å². The molecule has 1 aromatic carbocycles. The largest absolute Gasteiger partial charge is 0.398 e. The van der Waals surface area contributed by atoms with Crippen LogP contribution in [0.25, 0.3) is 5.70 Å². The number of benzene rings is 1. The normalized spacial score (nSPS) is 11.7. The summed E-state index contributed by atoms with van der Waals surface area (Å²) in [6.07, 6.45) is 3.06. The molecule has 96 valence electrons. The summed E-state index contributed by atoms with van der Waals surface area (Å²) < 4.78 is 0. The summed E-state index contributed by atoms with van der Waals surface area (Å²) >= 11 is 0. The first-order valence-corrected chi connectivity index (χ1v) is 5.67. The Morgan fingerprint density at radius 3 is 2.05 bits per heavy atom. The Bertz CT molecular complexity index is 543. The maximum absolute atomic E-state index is 11.5. The zero-order valence-electron chi connectivity index (χ0n) is 10.8. The maximum Gasteiger partial charge on any atom is 0.205 e. The SMILES string of the molecule is [B]C([B])([B])C(=O)Nc1ccc(/C(N)=C/C=C(N)N)cc1. The van der Waals surface area contributed by atoms with Crippen LogP contribution in [0.15, 0.2) is 42.2 Å². The Morgan fingerprint density at radius 1 is 1.05 bits per heavy atom. The molecule has 1 aromatic rings. The molecule has 0 aliphatic carbocycles. The highest BCUT2D eigenvalue weighted by molar-refractivity contribution is 6.69. The van der Waals surface area contributed by atoms with E-state index in [4.69, 9.17) is 40.7 Å². The molecule has 0 aromatic heterocycles. The predicted molar refractivity (Wildman–Crippen MR) is 83.6 cm³/mol. The van der Waals surface area contributed by atoms with E-state index in [0.717, 1.165) is 5.56 Å². The first-order chi connectivity index (χ1) is 9.20. The Balaban J connectivity index is 2.82. The topological polar surface area (TPSA) is 107 Å². The first kappa shape index (κ1) is 15.8. The third-order valence-corrected chi connectivity index (χ3v) is 2.32. The molecule has 7 N–H and O–H groups in total. The summed E-state index contributed by atoms with van der Waals surface area (Å²) in [5.41, 5.74) is 18.1. The number of anilines is 1. The van der Waals surface area contributed by atoms with Crippen LogP contribution >= 0.6 is 0 Å². The van der Waals surface area contributed by atoms with Gasteiger partial charge in [0, 0.05) is 11.4 Å². The quantitative estimate of drug-likeness (QED) is 0.423. The van der Waals surface area contributed by atoms with Crippen molar-refractivity contribution in [3.8, 4) is 0 Å². The van der Waals surface area contributed by atoms with Crippen molar-refractivity contribution in [2.24, 2.45) is 17.2 Å². The highest BCUT2D eigenvalue weighted by Gasteiger charge is 2.19. The lowest BCUT2D eigenvalue weighted by Gasteiger charge is -2.19. The number of hydrogen-bond donors (Lipinski definition) is 4. The van der Waals surface area contributed by atoms with Gasteiger partial charge in [0.2, 0.25) is 5.91 Å². The van der Waals surface area contributed by atoms with Gasteiger partial charge in [-0.25, -0.2) is 0 Å². The van der Waals surface area contributed by atoms with E-state index >= 15 is 0 Å². The van der Waals surface area contributed by atoms with E-state index in [1.807, 2.05) is 0 Å². The smallest absolute Gasteiger partial charge is 0.205 e. The van der Waals surface area contributed by atoms with Crippen LogP contribution in [0, 0.1) is 0 Å². The fraction of sp³-hybridized carbons (Fsp3) is 0.0833. The molecule has 0 saturated carbocycles. The number of rotatable bonds is 4. The van der Waals surface area contributed by atoms with E-state index in [1.165, 1.54) is 6.08 Å². The Labute approximate surface area is 121 Å². The summed E-state index contributed by atoms with van der Waals surface area (Å²) in [4.78, 5) is 11.5. The maximum atomic E-state index is 11.5. The molecule has 1 rings (SSSR count). The molecule has 0 aliphatic heterocycles. The zero-order chi connectivity index (χ0) is 15.3. The molecular formula is C12H13B3N4O. The Hall–Kier alpha value is -2.24. The summed E-state index contributed by atoms with van der Waals surface area (Å²) in [6.45, 7) is 0. The number of carbonyl (C=O) groups is 1. The lowest BCUT2D eigenvalue weighted by atomic mass is 9.42. The van der Waals surface area contributed by atoms with Crippen molar-refractivity contribution in [1.29, 1.82) is 0 Å². The van der Waals surface area contributed by atoms with Gasteiger partial charge in [-0.05, 0) is 29.8 Å². The molecule has 0 spiro atoms. The minimum atomic E-state index is -1.93. The molecule has 0 heterocycles. The van der Waals surface area contributed by atoms with Crippen molar-refractivity contribution in [2.45, 2.75) is 5.11 Å². The van der Waals surface area contributed by atoms with E-state index in [1.54, 1.807) is 30.3 Å². The number of hydrogen-bond acceptors (Lipinski definition) is 4. The summed E-state index contributed by atoms with van der Waals surface area (Å²) in [5.74, 6) is -0.547. The van der Waals surface area contributed by atoms with Gasteiger partial charge in [-0.1, -0.05) is 17.2 Å². The van der Waals surface area contributed by atoms with Crippen molar-refractivity contribution < 1.29 is 4.79 Å². The average molecular weight is 262 g/mol.